The number of hydrogen-bond acceptors (Lipinski definition) is 11. The van der Waals surface area contributed by atoms with Crippen molar-refractivity contribution in [3.05, 3.63) is 0 Å². The molecule has 0 heterocycles. The Morgan fingerprint density at radius 1 is 0.636 bits per heavy atom. The first-order chi connectivity index (χ1) is 10.2. The standard InChI is InChI=1S/C6H12O6.C5H12O5/c7-1-3(9)5(11)6(12)4(10)2-8;6-1-3(8)5(10)4(9)2-7/h3,5-9,11-12H,1-2H2;3-10H,1-2H2/t3-,5+,6+;3-,4+,5+/m1./s1. The number of Topliss-reactive ketones (excluding diaryl/α,β-unsaturated/α-hetero) is 1. The minimum absolute atomic E-state index is 0.641. The van der Waals surface area contributed by atoms with Gasteiger partial charge in [-0.3, -0.25) is 4.79 Å². The van der Waals surface area contributed by atoms with Crippen molar-refractivity contribution in [3.63, 3.8) is 0 Å². The second kappa shape index (κ2) is 12.8. The van der Waals surface area contributed by atoms with Crippen molar-refractivity contribution in [1.29, 1.82) is 0 Å². The third-order valence-corrected chi connectivity index (χ3v) is 2.55. The zero-order valence-electron chi connectivity index (χ0n) is 11.7. The number of carbonyl (C=O) groups is 1. The summed E-state index contributed by atoms with van der Waals surface area (Å²) in [5, 5.41) is 85.6. The lowest BCUT2D eigenvalue weighted by Crippen LogP contribution is -2.44. The van der Waals surface area contributed by atoms with E-state index in [0.29, 0.717) is 0 Å². The molecule has 11 heteroatoms. The molecule has 0 amide bonds. The minimum Gasteiger partial charge on any atom is -0.394 e. The lowest BCUT2D eigenvalue weighted by molar-refractivity contribution is -0.142. The van der Waals surface area contributed by atoms with Crippen molar-refractivity contribution in [3.8, 4) is 0 Å². The average Bonchev–Trinajstić information content (AvgIpc) is 2.56. The topological polar surface area (TPSA) is 219 Å². The molecule has 0 aromatic rings. The maximum absolute atomic E-state index is 10.5. The molecular weight excluding hydrogens is 308 g/mol. The molecule has 134 valence electrons. The Kier molecular flexibility index (Phi) is 13.7. The zero-order valence-corrected chi connectivity index (χ0v) is 11.7. The predicted molar refractivity (Wildman–Crippen MR) is 69.4 cm³/mol. The van der Waals surface area contributed by atoms with Crippen molar-refractivity contribution in [1.82, 2.24) is 0 Å². The Labute approximate surface area is 125 Å². The van der Waals surface area contributed by atoms with Crippen LogP contribution in [-0.4, -0.2) is 120 Å². The number of ketones is 1. The molecule has 0 rings (SSSR count). The highest BCUT2D eigenvalue weighted by Gasteiger charge is 2.28. The van der Waals surface area contributed by atoms with E-state index in [0.717, 1.165) is 0 Å². The largest absolute Gasteiger partial charge is 0.394 e. The monoisotopic (exact) mass is 332 g/mol. The summed E-state index contributed by atoms with van der Waals surface area (Å²) in [6.45, 7) is -2.97. The summed E-state index contributed by atoms with van der Waals surface area (Å²) in [6, 6.07) is 0. The molecule has 0 radical (unpaired) electrons. The van der Waals surface area contributed by atoms with Crippen LogP contribution in [0.3, 0.4) is 0 Å². The summed E-state index contributed by atoms with van der Waals surface area (Å²) < 4.78 is 0. The van der Waals surface area contributed by atoms with Gasteiger partial charge < -0.3 is 51.1 Å². The van der Waals surface area contributed by atoms with Crippen LogP contribution in [0.2, 0.25) is 0 Å². The van der Waals surface area contributed by atoms with Gasteiger partial charge >= 0.3 is 0 Å². The van der Waals surface area contributed by atoms with E-state index in [1.165, 1.54) is 0 Å². The molecule has 11 nitrogen and oxygen atoms in total. The van der Waals surface area contributed by atoms with Crippen molar-refractivity contribution < 1.29 is 55.9 Å². The maximum Gasteiger partial charge on any atom is 0.189 e. The maximum atomic E-state index is 10.5. The predicted octanol–water partition coefficient (Wildman–Crippen LogP) is -6.32. The van der Waals surface area contributed by atoms with E-state index < -0.39 is 68.8 Å². The van der Waals surface area contributed by atoms with E-state index in [2.05, 4.69) is 0 Å². The van der Waals surface area contributed by atoms with Crippen molar-refractivity contribution in [2.45, 2.75) is 36.6 Å². The van der Waals surface area contributed by atoms with E-state index in [1.54, 1.807) is 0 Å². The van der Waals surface area contributed by atoms with E-state index in [9.17, 15) is 4.79 Å². The lowest BCUT2D eigenvalue weighted by Gasteiger charge is -2.19. The second-order valence-corrected chi connectivity index (χ2v) is 4.30. The first-order valence-corrected chi connectivity index (χ1v) is 6.22. The molecule has 0 aromatic heterocycles. The molecule has 0 bridgehead atoms. The summed E-state index contributed by atoms with van der Waals surface area (Å²) >= 11 is 0. The first-order valence-electron chi connectivity index (χ1n) is 6.22. The molecule has 0 aliphatic heterocycles. The normalized spacial score (nSPS) is 19.2. The Hall–Kier alpha value is -0.730. The van der Waals surface area contributed by atoms with Gasteiger partial charge in [-0.05, 0) is 0 Å². The zero-order chi connectivity index (χ0) is 17.9. The highest BCUT2D eigenvalue weighted by molar-refractivity contribution is 5.84. The van der Waals surface area contributed by atoms with E-state index in [-0.39, 0.29) is 0 Å². The summed E-state index contributed by atoms with van der Waals surface area (Å²) in [5.74, 6) is -1.00. The number of carbonyl (C=O) groups excluding carboxylic acids is 1. The molecule has 0 saturated carbocycles. The number of hydrogen-bond donors (Lipinski definition) is 10. The highest BCUT2D eigenvalue weighted by atomic mass is 16.4. The van der Waals surface area contributed by atoms with Gasteiger partial charge in [0.05, 0.1) is 19.8 Å². The van der Waals surface area contributed by atoms with Crippen LogP contribution in [0.15, 0.2) is 0 Å². The summed E-state index contributed by atoms with van der Waals surface area (Å²) in [7, 11) is 0. The van der Waals surface area contributed by atoms with Gasteiger partial charge in [-0.15, -0.1) is 0 Å². The van der Waals surface area contributed by atoms with Crippen LogP contribution in [0.1, 0.15) is 0 Å². The quantitative estimate of drug-likeness (QED) is 0.191. The van der Waals surface area contributed by atoms with E-state index >= 15 is 0 Å². The van der Waals surface area contributed by atoms with E-state index in [4.69, 9.17) is 51.1 Å². The van der Waals surface area contributed by atoms with Crippen molar-refractivity contribution in [2.75, 3.05) is 26.4 Å². The highest BCUT2D eigenvalue weighted by Crippen LogP contribution is 2.00. The minimum atomic E-state index is -1.86. The molecule has 0 saturated heterocycles. The van der Waals surface area contributed by atoms with Crippen LogP contribution in [0.4, 0.5) is 0 Å². The van der Waals surface area contributed by atoms with Gasteiger partial charge in [-0.1, -0.05) is 0 Å². The number of aliphatic hydroxyl groups excluding tert-OH is 10. The summed E-state index contributed by atoms with van der Waals surface area (Å²) in [5.41, 5.74) is 0. The van der Waals surface area contributed by atoms with Gasteiger partial charge in [-0.2, -0.15) is 0 Å². The van der Waals surface area contributed by atoms with Crippen LogP contribution >= 0.6 is 0 Å². The molecule has 0 aliphatic rings. The van der Waals surface area contributed by atoms with Gasteiger partial charge in [0, 0.05) is 0 Å². The molecule has 22 heavy (non-hydrogen) atoms. The van der Waals surface area contributed by atoms with Gasteiger partial charge in [-0.25, -0.2) is 0 Å². The Morgan fingerprint density at radius 3 is 1.23 bits per heavy atom. The fourth-order valence-electron chi connectivity index (χ4n) is 1.07. The van der Waals surface area contributed by atoms with Gasteiger partial charge in [0.25, 0.3) is 0 Å². The van der Waals surface area contributed by atoms with Crippen LogP contribution in [0.25, 0.3) is 0 Å². The van der Waals surface area contributed by atoms with Crippen LogP contribution in [0.5, 0.6) is 0 Å². The van der Waals surface area contributed by atoms with Crippen LogP contribution in [-0.2, 0) is 4.79 Å². The van der Waals surface area contributed by atoms with Crippen LogP contribution < -0.4 is 0 Å². The first kappa shape index (κ1) is 23.5. The lowest BCUT2D eigenvalue weighted by atomic mass is 10.1. The molecule has 6 atom stereocenters. The molecule has 0 unspecified atom stereocenters. The van der Waals surface area contributed by atoms with Gasteiger partial charge in [0.1, 0.15) is 43.2 Å². The third-order valence-electron chi connectivity index (χ3n) is 2.55. The smallest absolute Gasteiger partial charge is 0.189 e. The SMILES string of the molecule is O=C(CO)[C@H](O)[C@@H](O)[C@H](O)CO.OC[C@@H](O)[C@H](O)[C@@H](O)CO. The summed E-state index contributed by atoms with van der Waals surface area (Å²) in [6.07, 6.45) is -9.51. The Bertz CT molecular complexity index is 277. The van der Waals surface area contributed by atoms with Crippen molar-refractivity contribution in [2.24, 2.45) is 0 Å². The second-order valence-electron chi connectivity index (χ2n) is 4.30. The number of aliphatic hydroxyl groups is 10. The number of rotatable bonds is 9. The van der Waals surface area contributed by atoms with Gasteiger partial charge in [0.2, 0.25) is 0 Å². The molecule has 0 aromatic carbocycles. The summed E-state index contributed by atoms with van der Waals surface area (Å²) in [4.78, 5) is 10.5. The Morgan fingerprint density at radius 2 is 0.955 bits per heavy atom. The molecule has 10 N–H and O–H groups in total. The molecule has 0 spiro atoms. The molecular formula is C11H24O11. The Balaban J connectivity index is 0. The fraction of sp³-hybridized carbons (Fsp3) is 0.909. The molecule has 0 fully saturated rings. The third kappa shape index (κ3) is 8.65. The van der Waals surface area contributed by atoms with Crippen LogP contribution in [0, 0.1) is 0 Å². The van der Waals surface area contributed by atoms with Gasteiger partial charge in [0.15, 0.2) is 5.78 Å². The average molecular weight is 332 g/mol. The molecule has 0 aliphatic carbocycles. The van der Waals surface area contributed by atoms with E-state index in [1.807, 2.05) is 0 Å². The fourth-order valence-corrected chi connectivity index (χ4v) is 1.07. The van der Waals surface area contributed by atoms with Crippen molar-refractivity contribution >= 4 is 5.78 Å².